The highest BCUT2D eigenvalue weighted by Crippen LogP contribution is 2.31. The summed E-state index contributed by atoms with van der Waals surface area (Å²) in [6, 6.07) is 13.0. The number of thioether (sulfide) groups is 1. The molecule has 144 valence electrons. The van der Waals surface area contributed by atoms with E-state index in [-0.39, 0.29) is 15.6 Å². The minimum absolute atomic E-state index is 0.0157. The van der Waals surface area contributed by atoms with E-state index in [0.29, 0.717) is 16.0 Å². The molecule has 28 heavy (non-hydrogen) atoms. The standard InChI is InChI=1S/C21H19FN2O2S2/c1-21(2,3)15-8-6-14(7-9-15)18(25)23-24-19(26)17(28-20(24)27)12-13-4-10-16(22)11-5-13/h4-12H,1-3H3,(H,23,25)/b17-12-. The number of nitrogens with one attached hydrogen (secondary N) is 1. The van der Waals surface area contributed by atoms with Crippen LogP contribution in [0.4, 0.5) is 4.39 Å². The lowest BCUT2D eigenvalue weighted by Crippen LogP contribution is -2.44. The molecule has 1 N–H and O–H groups in total. The number of carbonyl (C=O) groups is 2. The molecule has 7 heteroatoms. The second-order valence-corrected chi connectivity index (χ2v) is 9.01. The van der Waals surface area contributed by atoms with Crippen molar-refractivity contribution in [1.82, 2.24) is 10.4 Å². The molecule has 1 fully saturated rings. The van der Waals surface area contributed by atoms with Gasteiger partial charge in [-0.15, -0.1) is 0 Å². The predicted octanol–water partition coefficient (Wildman–Crippen LogP) is 4.67. The molecule has 2 aromatic carbocycles. The van der Waals surface area contributed by atoms with Crippen molar-refractivity contribution in [2.24, 2.45) is 0 Å². The van der Waals surface area contributed by atoms with Crippen LogP contribution in [0.15, 0.2) is 53.4 Å². The van der Waals surface area contributed by atoms with Crippen LogP contribution in [0.3, 0.4) is 0 Å². The molecule has 0 aromatic heterocycles. The maximum atomic E-state index is 13.0. The molecular formula is C21H19FN2O2S2. The summed E-state index contributed by atoms with van der Waals surface area (Å²) >= 11 is 6.31. The van der Waals surface area contributed by atoms with Gasteiger partial charge in [0.2, 0.25) is 0 Å². The maximum Gasteiger partial charge on any atom is 0.285 e. The summed E-state index contributed by atoms with van der Waals surface area (Å²) in [7, 11) is 0. The molecule has 0 spiro atoms. The Hall–Kier alpha value is -2.51. The van der Waals surface area contributed by atoms with E-state index in [1.807, 2.05) is 12.1 Å². The quantitative estimate of drug-likeness (QED) is 0.586. The molecule has 0 unspecified atom stereocenters. The molecule has 1 aliphatic rings. The van der Waals surface area contributed by atoms with Crippen molar-refractivity contribution < 1.29 is 14.0 Å². The molecule has 4 nitrogen and oxygen atoms in total. The van der Waals surface area contributed by atoms with Crippen molar-refractivity contribution in [2.75, 3.05) is 0 Å². The average molecular weight is 415 g/mol. The van der Waals surface area contributed by atoms with Crippen LogP contribution in [0.25, 0.3) is 6.08 Å². The summed E-state index contributed by atoms with van der Waals surface area (Å²) in [4.78, 5) is 25.5. The molecule has 2 aromatic rings. The zero-order chi connectivity index (χ0) is 20.5. The average Bonchev–Trinajstić information content (AvgIpc) is 2.90. The van der Waals surface area contributed by atoms with Crippen molar-refractivity contribution >= 4 is 46.2 Å². The maximum absolute atomic E-state index is 13.0. The van der Waals surface area contributed by atoms with Gasteiger partial charge in [-0.2, -0.15) is 5.01 Å². The minimum Gasteiger partial charge on any atom is -0.267 e. The third-order valence-electron chi connectivity index (χ3n) is 4.19. The van der Waals surface area contributed by atoms with Crippen molar-refractivity contribution in [3.63, 3.8) is 0 Å². The van der Waals surface area contributed by atoms with Crippen LogP contribution in [-0.4, -0.2) is 21.1 Å². The van der Waals surface area contributed by atoms with Crippen molar-refractivity contribution in [3.8, 4) is 0 Å². The van der Waals surface area contributed by atoms with E-state index in [1.165, 1.54) is 12.1 Å². The SMILES string of the molecule is CC(C)(C)c1ccc(C(=O)NN2C(=O)/C(=C/c3ccc(F)cc3)SC2=S)cc1. The molecule has 2 amide bonds. The summed E-state index contributed by atoms with van der Waals surface area (Å²) in [5.41, 5.74) is 4.76. The first kappa shape index (κ1) is 20.2. The number of amides is 2. The van der Waals surface area contributed by atoms with Gasteiger partial charge in [0.15, 0.2) is 4.32 Å². The van der Waals surface area contributed by atoms with Crippen LogP contribution in [-0.2, 0) is 10.2 Å². The Kier molecular flexibility index (Phi) is 5.67. The van der Waals surface area contributed by atoms with E-state index in [0.717, 1.165) is 22.3 Å². The van der Waals surface area contributed by atoms with Gasteiger partial charge >= 0.3 is 0 Å². The van der Waals surface area contributed by atoms with Crippen LogP contribution >= 0.6 is 24.0 Å². The van der Waals surface area contributed by atoms with Gasteiger partial charge in [-0.3, -0.25) is 15.0 Å². The van der Waals surface area contributed by atoms with Crippen LogP contribution < -0.4 is 5.43 Å². The van der Waals surface area contributed by atoms with Gasteiger partial charge in [0, 0.05) is 5.56 Å². The highest BCUT2D eigenvalue weighted by molar-refractivity contribution is 8.26. The molecular weight excluding hydrogens is 395 g/mol. The zero-order valence-electron chi connectivity index (χ0n) is 15.7. The number of halogens is 1. The third kappa shape index (κ3) is 4.48. The van der Waals surface area contributed by atoms with Crippen molar-refractivity contribution in [3.05, 3.63) is 75.9 Å². The number of hydrazine groups is 1. The monoisotopic (exact) mass is 414 g/mol. The number of rotatable bonds is 3. The normalized spacial score (nSPS) is 16.0. The van der Waals surface area contributed by atoms with E-state index < -0.39 is 11.8 Å². The number of hydrogen-bond donors (Lipinski definition) is 1. The Bertz CT molecular complexity index is 961. The summed E-state index contributed by atoms with van der Waals surface area (Å²) in [5, 5.41) is 1.06. The van der Waals surface area contributed by atoms with Gasteiger partial charge < -0.3 is 0 Å². The summed E-state index contributed by atoms with van der Waals surface area (Å²) < 4.78 is 13.3. The van der Waals surface area contributed by atoms with Crippen molar-refractivity contribution in [2.45, 2.75) is 26.2 Å². The molecule has 0 saturated carbocycles. The van der Waals surface area contributed by atoms with E-state index in [1.54, 1.807) is 30.3 Å². The lowest BCUT2D eigenvalue weighted by atomic mass is 9.87. The lowest BCUT2D eigenvalue weighted by molar-refractivity contribution is -0.123. The first-order valence-corrected chi connectivity index (χ1v) is 9.83. The largest absolute Gasteiger partial charge is 0.285 e. The van der Waals surface area contributed by atoms with Crippen LogP contribution in [0.2, 0.25) is 0 Å². The first-order valence-electron chi connectivity index (χ1n) is 8.60. The molecule has 0 bridgehead atoms. The fourth-order valence-corrected chi connectivity index (χ4v) is 3.74. The van der Waals surface area contributed by atoms with Crippen LogP contribution in [0.1, 0.15) is 42.3 Å². The highest BCUT2D eigenvalue weighted by atomic mass is 32.2. The molecule has 1 heterocycles. The van der Waals surface area contributed by atoms with Gasteiger partial charge in [0.05, 0.1) is 4.91 Å². The van der Waals surface area contributed by atoms with E-state index in [4.69, 9.17) is 12.2 Å². The molecule has 3 rings (SSSR count). The van der Waals surface area contributed by atoms with Gasteiger partial charge in [0.25, 0.3) is 11.8 Å². The topological polar surface area (TPSA) is 49.4 Å². The number of carbonyl (C=O) groups excluding carboxylic acids is 2. The zero-order valence-corrected chi connectivity index (χ0v) is 17.3. The number of thiocarbonyl (C=S) groups is 1. The smallest absolute Gasteiger partial charge is 0.267 e. The van der Waals surface area contributed by atoms with Crippen LogP contribution in [0.5, 0.6) is 0 Å². The Morgan fingerprint density at radius 3 is 2.29 bits per heavy atom. The molecule has 0 aliphatic carbocycles. The lowest BCUT2D eigenvalue weighted by Gasteiger charge is -2.19. The van der Waals surface area contributed by atoms with Crippen LogP contribution in [0, 0.1) is 5.82 Å². The van der Waals surface area contributed by atoms with Crippen molar-refractivity contribution in [1.29, 1.82) is 0 Å². The molecule has 1 aliphatic heterocycles. The molecule has 0 atom stereocenters. The summed E-state index contributed by atoms with van der Waals surface area (Å²) in [6.45, 7) is 6.28. The fourth-order valence-electron chi connectivity index (χ4n) is 2.56. The van der Waals surface area contributed by atoms with Gasteiger partial charge in [-0.05, 0) is 59.1 Å². The number of benzene rings is 2. The Balaban J connectivity index is 1.73. The van der Waals surface area contributed by atoms with E-state index in [9.17, 15) is 14.0 Å². The highest BCUT2D eigenvalue weighted by Gasteiger charge is 2.33. The second kappa shape index (κ2) is 7.85. The minimum atomic E-state index is -0.418. The summed E-state index contributed by atoms with van der Waals surface area (Å²) in [6.07, 6.45) is 1.61. The van der Waals surface area contributed by atoms with E-state index in [2.05, 4.69) is 26.2 Å². The fraction of sp³-hybridized carbons (Fsp3) is 0.190. The Morgan fingerprint density at radius 1 is 1.11 bits per heavy atom. The second-order valence-electron chi connectivity index (χ2n) is 7.34. The van der Waals surface area contributed by atoms with Gasteiger partial charge in [0.1, 0.15) is 5.82 Å². The number of hydrogen-bond acceptors (Lipinski definition) is 4. The van der Waals surface area contributed by atoms with Gasteiger partial charge in [-0.1, -0.05) is 56.8 Å². The molecule has 1 saturated heterocycles. The van der Waals surface area contributed by atoms with Gasteiger partial charge in [-0.25, -0.2) is 4.39 Å². The molecule has 0 radical (unpaired) electrons. The number of nitrogens with zero attached hydrogens (tertiary/aromatic N) is 1. The predicted molar refractivity (Wildman–Crippen MR) is 114 cm³/mol. The van der Waals surface area contributed by atoms with E-state index >= 15 is 0 Å². The third-order valence-corrected chi connectivity index (χ3v) is 5.49. The summed E-state index contributed by atoms with van der Waals surface area (Å²) in [5.74, 6) is -1.19. The Labute approximate surface area is 172 Å². The first-order chi connectivity index (χ1) is 13.1. The Morgan fingerprint density at radius 2 is 1.71 bits per heavy atom.